The zero-order valence-electron chi connectivity index (χ0n) is 15.8. The molecule has 2 aliphatic rings. The number of hydrogen-bond acceptors (Lipinski definition) is 4. The topological polar surface area (TPSA) is 77.8 Å². The van der Waals surface area contributed by atoms with E-state index in [9.17, 15) is 14.7 Å². The van der Waals surface area contributed by atoms with Crippen LogP contribution in [0, 0.1) is 0 Å². The molecule has 2 aromatic carbocycles. The molecule has 1 fully saturated rings. The molecule has 0 bridgehead atoms. The van der Waals surface area contributed by atoms with Crippen LogP contribution < -0.4 is 0 Å². The second kappa shape index (κ2) is 8.17. The Morgan fingerprint density at radius 2 is 1.77 bits per heavy atom. The molecule has 2 aliphatic heterocycles. The van der Waals surface area contributed by atoms with Crippen molar-refractivity contribution in [3.8, 4) is 0 Å². The van der Waals surface area contributed by atoms with Gasteiger partial charge in [-0.05, 0) is 41.7 Å². The number of nitrogens with zero attached hydrogens (tertiary/aromatic N) is 1. The van der Waals surface area contributed by atoms with E-state index in [4.69, 9.17) is 28.3 Å². The number of carboxylic acids is 2. The Labute approximate surface area is 188 Å². The minimum absolute atomic E-state index is 0.107. The van der Waals surface area contributed by atoms with Crippen LogP contribution in [-0.4, -0.2) is 40.1 Å². The molecule has 1 saturated heterocycles. The lowest BCUT2D eigenvalue weighted by molar-refractivity contribution is -0.136. The van der Waals surface area contributed by atoms with Crippen molar-refractivity contribution in [3.63, 3.8) is 0 Å². The summed E-state index contributed by atoms with van der Waals surface area (Å²) >= 11 is 14.2. The summed E-state index contributed by atoms with van der Waals surface area (Å²) in [6.45, 7) is 0.946. The molecule has 0 radical (unpaired) electrons. The van der Waals surface area contributed by atoms with Crippen LogP contribution >= 0.6 is 35.0 Å². The van der Waals surface area contributed by atoms with Crippen molar-refractivity contribution in [1.82, 2.24) is 4.90 Å². The summed E-state index contributed by atoms with van der Waals surface area (Å²) in [6, 6.07) is 14.0. The van der Waals surface area contributed by atoms with Crippen molar-refractivity contribution in [2.24, 2.45) is 0 Å². The van der Waals surface area contributed by atoms with E-state index in [1.807, 2.05) is 42.1 Å². The van der Waals surface area contributed by atoms with E-state index in [0.717, 1.165) is 24.5 Å². The standard InChI is InChI=1S/C22H19Cl2NO4S/c23-16-6-5-13(11-17(16)24)20-14-3-1-2-4-15(14)22(30-20)7-9-25(10-8-22)18(21(28)29)12-19(26)27/h1-6,11-12,20H,7-10H2,(H,26,27)(H,28,29)/b18-12+. The number of carboxylic acid groups (broad SMARTS) is 2. The first-order chi connectivity index (χ1) is 14.3. The first kappa shape index (κ1) is 21.1. The monoisotopic (exact) mass is 463 g/mol. The maximum atomic E-state index is 11.5. The van der Waals surface area contributed by atoms with E-state index >= 15 is 0 Å². The van der Waals surface area contributed by atoms with Crippen molar-refractivity contribution >= 4 is 46.9 Å². The molecule has 1 atom stereocenters. The molecule has 0 aromatic heterocycles. The first-order valence-electron chi connectivity index (χ1n) is 9.46. The Morgan fingerprint density at radius 3 is 2.40 bits per heavy atom. The highest BCUT2D eigenvalue weighted by Crippen LogP contribution is 2.61. The lowest BCUT2D eigenvalue weighted by Crippen LogP contribution is -2.41. The van der Waals surface area contributed by atoms with Gasteiger partial charge in [0.25, 0.3) is 0 Å². The quantitative estimate of drug-likeness (QED) is 0.608. The predicted molar refractivity (Wildman–Crippen MR) is 118 cm³/mol. The van der Waals surface area contributed by atoms with Gasteiger partial charge in [-0.1, -0.05) is 53.5 Å². The molecule has 156 valence electrons. The molecule has 1 unspecified atom stereocenters. The van der Waals surface area contributed by atoms with Gasteiger partial charge in [-0.3, -0.25) is 0 Å². The Kier molecular flexibility index (Phi) is 5.75. The van der Waals surface area contributed by atoms with Crippen molar-refractivity contribution in [2.75, 3.05) is 13.1 Å². The van der Waals surface area contributed by atoms with Gasteiger partial charge in [0.2, 0.25) is 0 Å². The Morgan fingerprint density at radius 1 is 1.07 bits per heavy atom. The van der Waals surface area contributed by atoms with E-state index in [2.05, 4.69) is 12.1 Å². The lowest BCUT2D eigenvalue weighted by Gasteiger charge is -2.40. The van der Waals surface area contributed by atoms with Crippen molar-refractivity contribution in [3.05, 3.63) is 81.0 Å². The molecule has 0 aliphatic carbocycles. The summed E-state index contributed by atoms with van der Waals surface area (Å²) in [5.74, 6) is -2.48. The summed E-state index contributed by atoms with van der Waals surface area (Å²) in [5, 5.41) is 19.6. The number of benzene rings is 2. The maximum Gasteiger partial charge on any atom is 0.352 e. The number of likely N-dealkylation sites (tertiary alicyclic amines) is 1. The fraction of sp³-hybridized carbons (Fsp3) is 0.273. The Hall–Kier alpha value is -2.15. The van der Waals surface area contributed by atoms with Gasteiger partial charge >= 0.3 is 11.9 Å². The third-order valence-corrected chi connectivity index (χ3v) is 8.30. The fourth-order valence-corrected chi connectivity index (χ4v) is 6.42. The fourth-order valence-electron chi connectivity index (χ4n) is 4.32. The molecule has 5 nitrogen and oxygen atoms in total. The number of halogens is 2. The summed E-state index contributed by atoms with van der Waals surface area (Å²) < 4.78 is -0.156. The third-order valence-electron chi connectivity index (χ3n) is 5.72. The van der Waals surface area contributed by atoms with Crippen LogP contribution in [0.2, 0.25) is 10.0 Å². The number of piperidine rings is 1. The second-order valence-electron chi connectivity index (χ2n) is 7.41. The van der Waals surface area contributed by atoms with Gasteiger partial charge < -0.3 is 15.1 Å². The van der Waals surface area contributed by atoms with Crippen molar-refractivity contribution < 1.29 is 19.8 Å². The molecule has 0 amide bonds. The summed E-state index contributed by atoms with van der Waals surface area (Å²) in [5.41, 5.74) is 3.39. The van der Waals surface area contributed by atoms with Crippen LogP contribution in [0.4, 0.5) is 0 Å². The number of rotatable bonds is 4. The molecule has 30 heavy (non-hydrogen) atoms. The van der Waals surface area contributed by atoms with Crippen LogP contribution in [-0.2, 0) is 14.3 Å². The van der Waals surface area contributed by atoms with Crippen LogP contribution in [0.5, 0.6) is 0 Å². The smallest absolute Gasteiger partial charge is 0.352 e. The number of carbonyl (C=O) groups is 2. The average molecular weight is 464 g/mol. The molecule has 1 spiro atoms. The van der Waals surface area contributed by atoms with E-state index in [1.54, 1.807) is 4.90 Å². The van der Waals surface area contributed by atoms with Crippen molar-refractivity contribution in [1.29, 1.82) is 0 Å². The zero-order chi connectivity index (χ0) is 21.5. The highest BCUT2D eigenvalue weighted by Gasteiger charge is 2.47. The molecular formula is C22H19Cl2NO4S. The number of thioether (sulfide) groups is 1. The largest absolute Gasteiger partial charge is 0.478 e. The minimum Gasteiger partial charge on any atom is -0.478 e. The van der Waals surface area contributed by atoms with Gasteiger partial charge in [0.05, 0.1) is 21.4 Å². The predicted octanol–water partition coefficient (Wildman–Crippen LogP) is 5.17. The molecule has 2 heterocycles. The number of hydrogen-bond donors (Lipinski definition) is 2. The number of fused-ring (bicyclic) bond motifs is 2. The van der Waals surface area contributed by atoms with Gasteiger partial charge in [-0.25, -0.2) is 9.59 Å². The summed E-state index contributed by atoms with van der Waals surface area (Å²) in [6.07, 6.45) is 2.21. The highest BCUT2D eigenvalue weighted by molar-refractivity contribution is 8.01. The van der Waals surface area contributed by atoms with Gasteiger partial charge in [-0.15, -0.1) is 11.8 Å². The van der Waals surface area contributed by atoms with E-state index in [1.165, 1.54) is 11.1 Å². The van der Waals surface area contributed by atoms with Crippen LogP contribution in [0.25, 0.3) is 0 Å². The van der Waals surface area contributed by atoms with Crippen LogP contribution in [0.1, 0.15) is 34.8 Å². The zero-order valence-corrected chi connectivity index (χ0v) is 18.2. The van der Waals surface area contributed by atoms with Gasteiger partial charge in [-0.2, -0.15) is 0 Å². The van der Waals surface area contributed by atoms with E-state index < -0.39 is 11.9 Å². The second-order valence-corrected chi connectivity index (χ2v) is 9.72. The molecule has 4 rings (SSSR count). The summed E-state index contributed by atoms with van der Waals surface area (Å²) in [4.78, 5) is 24.2. The van der Waals surface area contributed by atoms with Gasteiger partial charge in [0.1, 0.15) is 5.70 Å². The number of aliphatic carboxylic acids is 2. The molecule has 0 saturated carbocycles. The van der Waals surface area contributed by atoms with Crippen molar-refractivity contribution in [2.45, 2.75) is 22.8 Å². The van der Waals surface area contributed by atoms with E-state index in [0.29, 0.717) is 23.1 Å². The molecule has 2 aromatic rings. The average Bonchev–Trinajstić information content (AvgIpc) is 3.03. The normalized spacial score (nSPS) is 20.3. The molecule has 8 heteroatoms. The minimum atomic E-state index is -1.26. The first-order valence-corrected chi connectivity index (χ1v) is 11.1. The van der Waals surface area contributed by atoms with E-state index in [-0.39, 0.29) is 15.7 Å². The maximum absolute atomic E-state index is 11.5. The summed E-state index contributed by atoms with van der Waals surface area (Å²) in [7, 11) is 0. The third kappa shape index (κ3) is 3.80. The Bertz CT molecular complexity index is 1050. The highest BCUT2D eigenvalue weighted by atomic mass is 35.5. The van der Waals surface area contributed by atoms with Crippen LogP contribution in [0.15, 0.2) is 54.2 Å². The van der Waals surface area contributed by atoms with Crippen LogP contribution in [0.3, 0.4) is 0 Å². The molecule has 2 N–H and O–H groups in total. The van der Waals surface area contributed by atoms with Gasteiger partial charge in [0.15, 0.2) is 0 Å². The van der Waals surface area contributed by atoms with Gasteiger partial charge in [0, 0.05) is 17.8 Å². The lowest BCUT2D eigenvalue weighted by atomic mass is 9.84. The molecular weight excluding hydrogens is 445 g/mol. The SMILES string of the molecule is O=C(O)/C=C(\C(=O)O)N1CCC2(CC1)SC(c1ccc(Cl)c(Cl)c1)c1ccccc12. The Balaban J connectivity index is 1.64.